The Balaban J connectivity index is 1.92. The molecule has 3 rings (SSSR count). The van der Waals surface area contributed by atoms with Crippen molar-refractivity contribution in [2.24, 2.45) is 0 Å². The third-order valence-electron chi connectivity index (χ3n) is 4.15. The second-order valence-corrected chi connectivity index (χ2v) is 5.91. The number of aliphatic hydroxyl groups excluding tert-OH is 1. The van der Waals surface area contributed by atoms with Crippen LogP contribution >= 0.6 is 0 Å². The first-order chi connectivity index (χ1) is 12.2. The van der Waals surface area contributed by atoms with Crippen LogP contribution in [0, 0.1) is 6.92 Å². The van der Waals surface area contributed by atoms with Crippen molar-refractivity contribution in [2.45, 2.75) is 19.1 Å². The molecule has 1 N–H and O–H groups in total. The van der Waals surface area contributed by atoms with Crippen LogP contribution in [0.5, 0.6) is 0 Å². The highest BCUT2D eigenvalue weighted by atomic mass is 16.6. The van der Waals surface area contributed by atoms with E-state index in [0.29, 0.717) is 11.1 Å². The number of hydrogen-bond acceptors (Lipinski definition) is 3. The lowest BCUT2D eigenvalue weighted by Crippen LogP contribution is -2.19. The molecular formula is C22H20O3. The summed E-state index contributed by atoms with van der Waals surface area (Å²) in [4.78, 5) is 12.7. The first kappa shape index (κ1) is 16.9. The van der Waals surface area contributed by atoms with Crippen molar-refractivity contribution in [1.82, 2.24) is 0 Å². The first-order valence-electron chi connectivity index (χ1n) is 8.21. The van der Waals surface area contributed by atoms with E-state index in [4.69, 9.17) is 4.74 Å². The molecule has 0 saturated carbocycles. The van der Waals surface area contributed by atoms with Gasteiger partial charge in [0.2, 0.25) is 0 Å². The normalized spacial score (nSPS) is 13.0. The number of carbonyl (C=O) groups excluding carboxylic acids is 1. The number of rotatable bonds is 5. The van der Waals surface area contributed by atoms with E-state index in [1.54, 1.807) is 12.1 Å². The molecule has 126 valence electrons. The van der Waals surface area contributed by atoms with Crippen LogP contribution in [0.15, 0.2) is 84.9 Å². The molecule has 0 aliphatic rings. The molecule has 0 heterocycles. The van der Waals surface area contributed by atoms with E-state index < -0.39 is 18.2 Å². The summed E-state index contributed by atoms with van der Waals surface area (Å²) in [6.07, 6.45) is -1.73. The topological polar surface area (TPSA) is 46.5 Å². The van der Waals surface area contributed by atoms with Crippen molar-refractivity contribution >= 4 is 5.97 Å². The number of esters is 1. The summed E-state index contributed by atoms with van der Waals surface area (Å²) in [6, 6.07) is 25.8. The van der Waals surface area contributed by atoms with E-state index in [-0.39, 0.29) is 0 Å². The van der Waals surface area contributed by atoms with Crippen LogP contribution < -0.4 is 0 Å². The first-order valence-corrected chi connectivity index (χ1v) is 8.21. The van der Waals surface area contributed by atoms with Gasteiger partial charge < -0.3 is 9.84 Å². The maximum Gasteiger partial charge on any atom is 0.339 e. The predicted molar refractivity (Wildman–Crippen MR) is 97.2 cm³/mol. The van der Waals surface area contributed by atoms with Crippen LogP contribution in [0.25, 0.3) is 0 Å². The van der Waals surface area contributed by atoms with Gasteiger partial charge in [-0.2, -0.15) is 0 Å². The van der Waals surface area contributed by atoms with Gasteiger partial charge in [-0.1, -0.05) is 78.9 Å². The van der Waals surface area contributed by atoms with Crippen molar-refractivity contribution in [3.63, 3.8) is 0 Å². The Bertz CT molecular complexity index is 828. The molecule has 25 heavy (non-hydrogen) atoms. The van der Waals surface area contributed by atoms with Crippen LogP contribution in [-0.2, 0) is 4.74 Å². The van der Waals surface area contributed by atoms with E-state index in [2.05, 4.69) is 0 Å². The van der Waals surface area contributed by atoms with Crippen molar-refractivity contribution in [3.05, 3.63) is 107 Å². The van der Waals surface area contributed by atoms with Gasteiger partial charge in [0.15, 0.2) is 6.10 Å². The number of carbonyl (C=O) groups is 1. The number of ether oxygens (including phenoxy) is 1. The highest BCUT2D eigenvalue weighted by Crippen LogP contribution is 2.33. The van der Waals surface area contributed by atoms with Gasteiger partial charge in [-0.25, -0.2) is 4.79 Å². The van der Waals surface area contributed by atoms with Crippen molar-refractivity contribution in [3.8, 4) is 0 Å². The Hall–Kier alpha value is -2.91. The fourth-order valence-corrected chi connectivity index (χ4v) is 2.76. The largest absolute Gasteiger partial charge is 0.451 e. The van der Waals surface area contributed by atoms with E-state index in [1.165, 1.54) is 0 Å². The molecule has 0 unspecified atom stereocenters. The molecule has 0 aliphatic carbocycles. The Morgan fingerprint density at radius 3 is 1.92 bits per heavy atom. The van der Waals surface area contributed by atoms with Gasteiger partial charge in [0, 0.05) is 0 Å². The summed E-state index contributed by atoms with van der Waals surface area (Å²) in [5.41, 5.74) is 2.80. The van der Waals surface area contributed by atoms with Crippen molar-refractivity contribution in [1.29, 1.82) is 0 Å². The van der Waals surface area contributed by atoms with Gasteiger partial charge >= 0.3 is 5.97 Å². The van der Waals surface area contributed by atoms with E-state index in [1.807, 2.05) is 79.7 Å². The summed E-state index contributed by atoms with van der Waals surface area (Å²) in [5, 5.41) is 10.8. The van der Waals surface area contributed by atoms with Crippen molar-refractivity contribution < 1.29 is 14.6 Å². The molecule has 3 nitrogen and oxygen atoms in total. The van der Waals surface area contributed by atoms with Crippen LogP contribution in [-0.4, -0.2) is 11.1 Å². The zero-order chi connectivity index (χ0) is 17.6. The van der Waals surface area contributed by atoms with Gasteiger partial charge in [0.05, 0.1) is 5.56 Å². The Labute approximate surface area is 147 Å². The molecule has 0 fully saturated rings. The third kappa shape index (κ3) is 3.95. The number of hydrogen-bond donors (Lipinski definition) is 1. The molecule has 3 aromatic rings. The number of benzene rings is 3. The fourth-order valence-electron chi connectivity index (χ4n) is 2.76. The highest BCUT2D eigenvalue weighted by Gasteiger charge is 2.27. The zero-order valence-corrected chi connectivity index (χ0v) is 14.0. The standard InChI is InChI=1S/C22H20O3/c1-16-10-8-9-15-19(16)22(24)25-21(18-13-6-3-7-14-18)20(23)17-11-4-2-5-12-17/h2-15,20-21,23H,1H3/t20-,21+/m1/s1. The maximum atomic E-state index is 12.7. The summed E-state index contributed by atoms with van der Waals surface area (Å²) in [7, 11) is 0. The molecule has 3 aromatic carbocycles. The van der Waals surface area contributed by atoms with Gasteiger partial charge in [0.25, 0.3) is 0 Å². The van der Waals surface area contributed by atoms with Crippen LogP contribution in [0.3, 0.4) is 0 Å². The number of aliphatic hydroxyl groups is 1. The van der Waals surface area contributed by atoms with E-state index >= 15 is 0 Å². The maximum absolute atomic E-state index is 12.7. The minimum atomic E-state index is -0.948. The lowest BCUT2D eigenvalue weighted by Gasteiger charge is -2.24. The third-order valence-corrected chi connectivity index (χ3v) is 4.15. The Morgan fingerprint density at radius 2 is 1.32 bits per heavy atom. The highest BCUT2D eigenvalue weighted by molar-refractivity contribution is 5.91. The lowest BCUT2D eigenvalue weighted by molar-refractivity contribution is -0.0209. The average Bonchev–Trinajstić information content (AvgIpc) is 2.67. The minimum Gasteiger partial charge on any atom is -0.451 e. The Morgan fingerprint density at radius 1 is 0.800 bits per heavy atom. The zero-order valence-electron chi connectivity index (χ0n) is 14.0. The molecule has 0 aromatic heterocycles. The SMILES string of the molecule is Cc1ccccc1C(=O)O[C@@H](c1ccccc1)[C@H](O)c1ccccc1. The quantitative estimate of drug-likeness (QED) is 0.693. The molecule has 0 spiro atoms. The second kappa shape index (κ2) is 7.77. The molecule has 0 saturated heterocycles. The van der Waals surface area contributed by atoms with Crippen LogP contribution in [0.4, 0.5) is 0 Å². The molecule has 0 amide bonds. The number of aryl methyl sites for hydroxylation is 1. The van der Waals surface area contributed by atoms with Gasteiger partial charge in [-0.05, 0) is 29.7 Å². The molecule has 0 aliphatic heterocycles. The monoisotopic (exact) mass is 332 g/mol. The second-order valence-electron chi connectivity index (χ2n) is 5.91. The minimum absolute atomic E-state index is 0.443. The molecular weight excluding hydrogens is 312 g/mol. The van der Waals surface area contributed by atoms with E-state index in [9.17, 15) is 9.90 Å². The van der Waals surface area contributed by atoms with Crippen molar-refractivity contribution in [2.75, 3.05) is 0 Å². The predicted octanol–water partition coefficient (Wildman–Crippen LogP) is 4.63. The van der Waals surface area contributed by atoms with Crippen LogP contribution in [0.2, 0.25) is 0 Å². The molecule has 0 radical (unpaired) electrons. The molecule has 0 bridgehead atoms. The summed E-state index contributed by atoms with van der Waals surface area (Å²) in [6.45, 7) is 1.86. The summed E-state index contributed by atoms with van der Waals surface area (Å²) < 4.78 is 5.73. The van der Waals surface area contributed by atoms with Gasteiger partial charge in [-0.3, -0.25) is 0 Å². The van der Waals surface area contributed by atoms with E-state index in [0.717, 1.165) is 11.1 Å². The molecule has 3 heteroatoms. The molecule has 2 atom stereocenters. The Kier molecular flexibility index (Phi) is 5.26. The lowest BCUT2D eigenvalue weighted by atomic mass is 9.98. The van der Waals surface area contributed by atoms with Gasteiger partial charge in [-0.15, -0.1) is 0 Å². The summed E-state index contributed by atoms with van der Waals surface area (Å²) in [5.74, 6) is -0.443. The fraction of sp³-hybridized carbons (Fsp3) is 0.136. The average molecular weight is 332 g/mol. The summed E-state index contributed by atoms with van der Waals surface area (Å²) >= 11 is 0. The smallest absolute Gasteiger partial charge is 0.339 e. The van der Waals surface area contributed by atoms with Crippen LogP contribution in [0.1, 0.15) is 39.3 Å². The van der Waals surface area contributed by atoms with Gasteiger partial charge in [0.1, 0.15) is 6.10 Å².